The Labute approximate surface area is 158 Å². The van der Waals surface area contributed by atoms with Crippen LogP contribution >= 0.6 is 0 Å². The Morgan fingerprint density at radius 1 is 1.26 bits per heavy atom. The number of carbonyl (C=O) groups is 1. The highest BCUT2D eigenvalue weighted by Crippen LogP contribution is 2.21. The first kappa shape index (κ1) is 19.0. The van der Waals surface area contributed by atoms with Crippen molar-refractivity contribution in [3.8, 4) is 0 Å². The molecule has 0 bridgehead atoms. The molecule has 1 aliphatic heterocycles. The van der Waals surface area contributed by atoms with Crippen molar-refractivity contribution in [3.63, 3.8) is 0 Å². The van der Waals surface area contributed by atoms with Crippen molar-refractivity contribution in [1.82, 2.24) is 4.90 Å². The first-order valence-corrected chi connectivity index (χ1v) is 8.87. The van der Waals surface area contributed by atoms with Crippen LogP contribution in [0.1, 0.15) is 23.1 Å². The van der Waals surface area contributed by atoms with Gasteiger partial charge >= 0.3 is 0 Å². The van der Waals surface area contributed by atoms with Crippen molar-refractivity contribution in [2.75, 3.05) is 20.3 Å². The maximum Gasteiger partial charge on any atom is 0.248 e. The Bertz CT molecular complexity index is 838. The Hall–Kier alpha value is -2.73. The number of oxime groups is 1. The number of hydrogen-bond acceptors (Lipinski definition) is 4. The molecule has 0 radical (unpaired) electrons. The molecule has 0 spiro atoms. The van der Waals surface area contributed by atoms with Crippen LogP contribution in [-0.4, -0.2) is 42.9 Å². The predicted molar refractivity (Wildman–Crippen MR) is 101 cm³/mol. The van der Waals surface area contributed by atoms with Crippen molar-refractivity contribution in [2.24, 2.45) is 5.16 Å². The van der Waals surface area contributed by atoms with E-state index >= 15 is 0 Å². The topological polar surface area (TPSA) is 51.1 Å². The van der Waals surface area contributed by atoms with E-state index in [-0.39, 0.29) is 31.0 Å². The normalized spacial score (nSPS) is 16.0. The van der Waals surface area contributed by atoms with Gasteiger partial charge in [0.1, 0.15) is 12.4 Å². The first-order chi connectivity index (χ1) is 13.1. The van der Waals surface area contributed by atoms with Crippen LogP contribution in [0.5, 0.6) is 0 Å². The standard InChI is InChI=1S/C21H23FN2O3/c1-15-7-3-5-9-18(15)20-11-17(27-23-20)13-24(21(25)14-26-2)12-16-8-4-6-10-19(16)22/h3-10,17H,11-14H2,1-2H3. The van der Waals surface area contributed by atoms with Crippen LogP contribution in [0.3, 0.4) is 0 Å². The van der Waals surface area contributed by atoms with Crippen molar-refractivity contribution in [2.45, 2.75) is 26.0 Å². The summed E-state index contributed by atoms with van der Waals surface area (Å²) in [6.07, 6.45) is 0.325. The maximum atomic E-state index is 14.0. The molecule has 2 aromatic rings. The Morgan fingerprint density at radius 2 is 2.00 bits per heavy atom. The average molecular weight is 370 g/mol. The van der Waals surface area contributed by atoms with Crippen LogP contribution in [0.25, 0.3) is 0 Å². The largest absolute Gasteiger partial charge is 0.390 e. The Balaban J connectivity index is 1.69. The fourth-order valence-corrected chi connectivity index (χ4v) is 3.13. The number of amides is 1. The summed E-state index contributed by atoms with van der Waals surface area (Å²) in [4.78, 5) is 19.6. The lowest BCUT2D eigenvalue weighted by molar-refractivity contribution is -0.137. The van der Waals surface area contributed by atoms with Gasteiger partial charge in [-0.25, -0.2) is 4.39 Å². The maximum absolute atomic E-state index is 14.0. The van der Waals surface area contributed by atoms with Crippen LogP contribution in [-0.2, 0) is 20.9 Å². The quantitative estimate of drug-likeness (QED) is 0.751. The second-order valence-corrected chi connectivity index (χ2v) is 6.58. The number of benzene rings is 2. The van der Waals surface area contributed by atoms with Gasteiger partial charge < -0.3 is 14.5 Å². The minimum Gasteiger partial charge on any atom is -0.390 e. The lowest BCUT2D eigenvalue weighted by Gasteiger charge is -2.25. The Kier molecular flexibility index (Phi) is 6.19. The predicted octanol–water partition coefficient (Wildman–Crippen LogP) is 3.30. The van der Waals surface area contributed by atoms with E-state index in [1.54, 1.807) is 23.1 Å². The zero-order valence-corrected chi connectivity index (χ0v) is 15.5. The number of halogens is 1. The zero-order chi connectivity index (χ0) is 19.2. The van der Waals surface area contributed by atoms with E-state index in [4.69, 9.17) is 9.57 Å². The second-order valence-electron chi connectivity index (χ2n) is 6.58. The molecule has 142 valence electrons. The third-order valence-corrected chi connectivity index (χ3v) is 4.55. The molecule has 1 atom stereocenters. The fraction of sp³-hybridized carbons (Fsp3) is 0.333. The molecule has 1 heterocycles. The number of carbonyl (C=O) groups excluding carboxylic acids is 1. The van der Waals surface area contributed by atoms with Crippen molar-refractivity contribution in [1.29, 1.82) is 0 Å². The molecule has 1 amide bonds. The fourth-order valence-electron chi connectivity index (χ4n) is 3.13. The first-order valence-electron chi connectivity index (χ1n) is 8.87. The van der Waals surface area contributed by atoms with Gasteiger partial charge in [0.05, 0.1) is 12.3 Å². The summed E-state index contributed by atoms with van der Waals surface area (Å²) in [6.45, 7) is 2.44. The molecule has 0 saturated carbocycles. The highest BCUT2D eigenvalue weighted by atomic mass is 19.1. The van der Waals surface area contributed by atoms with Gasteiger partial charge in [-0.1, -0.05) is 47.6 Å². The highest BCUT2D eigenvalue weighted by Gasteiger charge is 2.27. The van der Waals surface area contributed by atoms with Gasteiger partial charge in [-0.15, -0.1) is 0 Å². The summed E-state index contributed by atoms with van der Waals surface area (Å²) in [7, 11) is 1.46. The van der Waals surface area contributed by atoms with E-state index in [0.717, 1.165) is 16.8 Å². The number of methoxy groups -OCH3 is 1. The van der Waals surface area contributed by atoms with Crippen LogP contribution < -0.4 is 0 Å². The van der Waals surface area contributed by atoms with Crippen LogP contribution in [0.2, 0.25) is 0 Å². The summed E-state index contributed by atoms with van der Waals surface area (Å²) in [5.41, 5.74) is 3.49. The van der Waals surface area contributed by atoms with E-state index in [9.17, 15) is 9.18 Å². The van der Waals surface area contributed by atoms with E-state index in [1.807, 2.05) is 31.2 Å². The molecular formula is C21H23FN2O3. The van der Waals surface area contributed by atoms with Gasteiger partial charge in [0.15, 0.2) is 6.10 Å². The molecule has 27 heavy (non-hydrogen) atoms. The second kappa shape index (κ2) is 8.77. The third-order valence-electron chi connectivity index (χ3n) is 4.55. The number of hydrogen-bond donors (Lipinski definition) is 0. The number of aryl methyl sites for hydroxylation is 1. The summed E-state index contributed by atoms with van der Waals surface area (Å²) in [5, 5.41) is 4.20. The summed E-state index contributed by atoms with van der Waals surface area (Å²) < 4.78 is 19.0. The van der Waals surface area contributed by atoms with E-state index in [1.165, 1.54) is 13.2 Å². The van der Waals surface area contributed by atoms with Gasteiger partial charge in [-0.05, 0) is 18.6 Å². The molecule has 0 aliphatic carbocycles. The van der Waals surface area contributed by atoms with E-state index in [0.29, 0.717) is 18.5 Å². The van der Waals surface area contributed by atoms with Gasteiger partial charge in [-0.3, -0.25) is 4.79 Å². The van der Waals surface area contributed by atoms with Crippen molar-refractivity contribution < 1.29 is 18.8 Å². The highest BCUT2D eigenvalue weighted by molar-refractivity contribution is 6.02. The summed E-state index contributed by atoms with van der Waals surface area (Å²) >= 11 is 0. The molecule has 0 N–H and O–H groups in total. The molecule has 1 aliphatic rings. The Morgan fingerprint density at radius 3 is 2.74 bits per heavy atom. The molecule has 5 nitrogen and oxygen atoms in total. The molecule has 6 heteroatoms. The van der Waals surface area contributed by atoms with Crippen molar-refractivity contribution >= 4 is 11.6 Å². The minimum atomic E-state index is -0.336. The van der Waals surface area contributed by atoms with Gasteiger partial charge in [-0.2, -0.15) is 0 Å². The number of rotatable bonds is 7. The van der Waals surface area contributed by atoms with Gasteiger partial charge in [0.2, 0.25) is 5.91 Å². The van der Waals surface area contributed by atoms with Crippen LogP contribution in [0, 0.1) is 12.7 Å². The van der Waals surface area contributed by atoms with Crippen molar-refractivity contribution in [3.05, 3.63) is 71.0 Å². The van der Waals surface area contributed by atoms with Crippen LogP contribution in [0.15, 0.2) is 53.7 Å². The molecule has 0 fully saturated rings. The third kappa shape index (κ3) is 4.71. The van der Waals surface area contributed by atoms with E-state index < -0.39 is 0 Å². The molecule has 2 aromatic carbocycles. The summed E-state index contributed by atoms with van der Waals surface area (Å²) in [6, 6.07) is 14.4. The minimum absolute atomic E-state index is 0.0628. The van der Waals surface area contributed by atoms with E-state index in [2.05, 4.69) is 5.16 Å². The molecule has 0 saturated heterocycles. The van der Waals surface area contributed by atoms with Crippen LogP contribution in [0.4, 0.5) is 4.39 Å². The average Bonchev–Trinajstić information content (AvgIpc) is 3.12. The number of nitrogens with zero attached hydrogens (tertiary/aromatic N) is 2. The zero-order valence-electron chi connectivity index (χ0n) is 15.5. The molecular weight excluding hydrogens is 347 g/mol. The lowest BCUT2D eigenvalue weighted by Crippen LogP contribution is -2.39. The molecule has 3 rings (SSSR count). The smallest absolute Gasteiger partial charge is 0.248 e. The molecule has 1 unspecified atom stereocenters. The van der Waals surface area contributed by atoms with Gasteiger partial charge in [0.25, 0.3) is 0 Å². The lowest BCUT2D eigenvalue weighted by atomic mass is 10.00. The SMILES string of the molecule is COCC(=O)N(Cc1ccccc1F)CC1CC(c2ccccc2C)=NO1. The summed E-state index contributed by atoms with van der Waals surface area (Å²) in [5.74, 6) is -0.550. The molecule has 0 aromatic heterocycles. The van der Waals surface area contributed by atoms with Gasteiger partial charge in [0, 0.05) is 31.2 Å². The number of ether oxygens (including phenoxy) is 1. The monoisotopic (exact) mass is 370 g/mol.